The molecule has 1 aromatic carbocycles. The molecule has 0 aliphatic heterocycles. The molecule has 1 N–H and O–H groups in total. The maximum Gasteiger partial charge on any atom is 0.0709 e. The fourth-order valence-corrected chi connectivity index (χ4v) is 2.54. The maximum atomic E-state index is 6.21. The van der Waals surface area contributed by atoms with Crippen molar-refractivity contribution in [3.8, 4) is 0 Å². The molecule has 14 heavy (non-hydrogen) atoms. The summed E-state index contributed by atoms with van der Waals surface area (Å²) < 4.78 is 1.32. The van der Waals surface area contributed by atoms with Crippen molar-refractivity contribution in [3.05, 3.63) is 35.2 Å². The van der Waals surface area contributed by atoms with Crippen LogP contribution in [0.1, 0.15) is 10.9 Å². The smallest absolute Gasteiger partial charge is 0.0709 e. The molecule has 1 atom stereocenters. The zero-order valence-corrected chi connectivity index (χ0v) is 9.53. The number of thiophene rings is 1. The van der Waals surface area contributed by atoms with Gasteiger partial charge in [-0.3, -0.25) is 0 Å². The van der Waals surface area contributed by atoms with Gasteiger partial charge in [-0.1, -0.05) is 6.07 Å². The molecule has 1 aromatic heterocycles. The maximum absolute atomic E-state index is 6.21. The lowest BCUT2D eigenvalue weighted by Gasteiger charge is -2.08. The van der Waals surface area contributed by atoms with E-state index in [1.54, 1.807) is 11.3 Å². The summed E-state index contributed by atoms with van der Waals surface area (Å²) in [7, 11) is 1.92. The lowest BCUT2D eigenvalue weighted by Crippen LogP contribution is -2.12. The Morgan fingerprint density at radius 1 is 1.43 bits per heavy atom. The summed E-state index contributed by atoms with van der Waals surface area (Å²) in [5.74, 6) is 0. The number of halogens is 1. The summed E-state index contributed by atoms with van der Waals surface area (Å²) in [4.78, 5) is 0. The normalized spacial score (nSPS) is 13.3. The first kappa shape index (κ1) is 9.97. The Morgan fingerprint density at radius 3 is 3.07 bits per heavy atom. The number of alkyl halides is 1. The second-order valence-electron chi connectivity index (χ2n) is 3.24. The SMILES string of the molecule is CNCC(Cl)c1ccc2sccc2c1. The van der Waals surface area contributed by atoms with Gasteiger partial charge in [0.25, 0.3) is 0 Å². The Bertz CT molecular complexity index is 424. The highest BCUT2D eigenvalue weighted by atomic mass is 35.5. The molecule has 0 amide bonds. The van der Waals surface area contributed by atoms with Crippen LogP contribution in [0.25, 0.3) is 10.1 Å². The third kappa shape index (κ3) is 1.92. The van der Waals surface area contributed by atoms with E-state index in [0.717, 1.165) is 6.54 Å². The van der Waals surface area contributed by atoms with E-state index in [-0.39, 0.29) is 5.38 Å². The monoisotopic (exact) mass is 225 g/mol. The van der Waals surface area contributed by atoms with E-state index in [0.29, 0.717) is 0 Å². The first-order valence-electron chi connectivity index (χ1n) is 4.57. The molecule has 0 aliphatic rings. The van der Waals surface area contributed by atoms with Crippen molar-refractivity contribution >= 4 is 33.0 Å². The predicted octanol–water partition coefficient (Wildman–Crippen LogP) is 3.40. The predicted molar refractivity (Wildman–Crippen MR) is 64.3 cm³/mol. The van der Waals surface area contributed by atoms with Gasteiger partial charge in [0.1, 0.15) is 0 Å². The van der Waals surface area contributed by atoms with E-state index in [1.165, 1.54) is 15.6 Å². The molecule has 3 heteroatoms. The van der Waals surface area contributed by atoms with E-state index < -0.39 is 0 Å². The van der Waals surface area contributed by atoms with Crippen molar-refractivity contribution in [2.45, 2.75) is 5.38 Å². The number of benzene rings is 1. The quantitative estimate of drug-likeness (QED) is 0.790. The molecule has 0 radical (unpaired) electrons. The van der Waals surface area contributed by atoms with Crippen molar-refractivity contribution in [1.82, 2.24) is 5.32 Å². The Morgan fingerprint density at radius 2 is 2.29 bits per heavy atom. The Kier molecular flexibility index (Phi) is 3.06. The summed E-state index contributed by atoms with van der Waals surface area (Å²) in [5, 5.41) is 6.53. The molecule has 2 rings (SSSR count). The van der Waals surface area contributed by atoms with Crippen molar-refractivity contribution in [3.63, 3.8) is 0 Å². The minimum atomic E-state index is 0.0595. The van der Waals surface area contributed by atoms with E-state index in [2.05, 4.69) is 35.0 Å². The van der Waals surface area contributed by atoms with Gasteiger partial charge in [-0.15, -0.1) is 22.9 Å². The average Bonchev–Trinajstić information content (AvgIpc) is 2.64. The molecule has 0 bridgehead atoms. The third-order valence-electron chi connectivity index (χ3n) is 2.22. The lowest BCUT2D eigenvalue weighted by atomic mass is 10.1. The summed E-state index contributed by atoms with van der Waals surface area (Å²) >= 11 is 7.98. The average molecular weight is 226 g/mol. The van der Waals surface area contributed by atoms with Crippen LogP contribution in [0.15, 0.2) is 29.6 Å². The summed E-state index contributed by atoms with van der Waals surface area (Å²) in [6.45, 7) is 0.803. The highest BCUT2D eigenvalue weighted by Crippen LogP contribution is 2.26. The molecule has 2 aromatic rings. The second kappa shape index (κ2) is 4.30. The number of hydrogen-bond donors (Lipinski definition) is 1. The number of hydrogen-bond acceptors (Lipinski definition) is 2. The van der Waals surface area contributed by atoms with Crippen LogP contribution in [0.2, 0.25) is 0 Å². The first-order valence-corrected chi connectivity index (χ1v) is 5.88. The van der Waals surface area contributed by atoms with Gasteiger partial charge in [-0.25, -0.2) is 0 Å². The van der Waals surface area contributed by atoms with Gasteiger partial charge in [0.15, 0.2) is 0 Å². The fraction of sp³-hybridized carbons (Fsp3) is 0.273. The molecule has 74 valence electrons. The number of nitrogens with one attached hydrogen (secondary N) is 1. The third-order valence-corrected chi connectivity index (χ3v) is 3.53. The Hall–Kier alpha value is -0.570. The van der Waals surface area contributed by atoms with Crippen molar-refractivity contribution in [2.24, 2.45) is 0 Å². The molecule has 0 saturated heterocycles. The number of fused-ring (bicyclic) bond motifs is 1. The Labute approximate surface area is 92.7 Å². The highest BCUT2D eigenvalue weighted by Gasteiger charge is 2.07. The molecule has 0 aliphatic carbocycles. The fourth-order valence-electron chi connectivity index (χ4n) is 1.48. The highest BCUT2D eigenvalue weighted by molar-refractivity contribution is 7.17. The number of rotatable bonds is 3. The number of likely N-dealkylation sites (N-methyl/N-ethyl adjacent to an activating group) is 1. The lowest BCUT2D eigenvalue weighted by molar-refractivity contribution is 0.772. The molecule has 0 saturated carbocycles. The minimum Gasteiger partial charge on any atom is -0.318 e. The standard InChI is InChI=1S/C11H12ClNS/c1-13-7-10(12)8-2-3-11-9(6-8)4-5-14-11/h2-6,10,13H,7H2,1H3. The molecule has 1 heterocycles. The van der Waals surface area contributed by atoms with Crippen LogP contribution in [0.4, 0.5) is 0 Å². The van der Waals surface area contributed by atoms with Crippen LogP contribution in [0.5, 0.6) is 0 Å². The van der Waals surface area contributed by atoms with Crippen molar-refractivity contribution in [1.29, 1.82) is 0 Å². The van der Waals surface area contributed by atoms with Crippen molar-refractivity contribution < 1.29 is 0 Å². The summed E-state index contributed by atoms with van der Waals surface area (Å²) in [6.07, 6.45) is 0. The first-order chi connectivity index (χ1) is 6.81. The zero-order valence-electron chi connectivity index (χ0n) is 7.96. The Balaban J connectivity index is 2.33. The van der Waals surface area contributed by atoms with E-state index in [4.69, 9.17) is 11.6 Å². The molecule has 1 unspecified atom stereocenters. The van der Waals surface area contributed by atoms with Gasteiger partial charge < -0.3 is 5.32 Å². The molecule has 1 nitrogen and oxygen atoms in total. The van der Waals surface area contributed by atoms with E-state index in [9.17, 15) is 0 Å². The van der Waals surface area contributed by atoms with Crippen LogP contribution in [0, 0.1) is 0 Å². The largest absolute Gasteiger partial charge is 0.318 e. The second-order valence-corrected chi connectivity index (χ2v) is 4.72. The topological polar surface area (TPSA) is 12.0 Å². The summed E-state index contributed by atoms with van der Waals surface area (Å²) in [6, 6.07) is 8.54. The van der Waals surface area contributed by atoms with Gasteiger partial charge in [-0.2, -0.15) is 0 Å². The summed E-state index contributed by atoms with van der Waals surface area (Å²) in [5.41, 5.74) is 1.19. The van der Waals surface area contributed by atoms with Crippen LogP contribution < -0.4 is 5.32 Å². The van der Waals surface area contributed by atoms with Crippen LogP contribution >= 0.6 is 22.9 Å². The van der Waals surface area contributed by atoms with Gasteiger partial charge in [0.2, 0.25) is 0 Å². The molecular formula is C11H12ClNS. The van der Waals surface area contributed by atoms with Gasteiger partial charge >= 0.3 is 0 Å². The van der Waals surface area contributed by atoms with Crippen molar-refractivity contribution in [2.75, 3.05) is 13.6 Å². The molecule has 0 spiro atoms. The van der Waals surface area contributed by atoms with Crippen LogP contribution in [-0.2, 0) is 0 Å². The van der Waals surface area contributed by atoms with E-state index >= 15 is 0 Å². The zero-order chi connectivity index (χ0) is 9.97. The van der Waals surface area contributed by atoms with E-state index in [1.807, 2.05) is 7.05 Å². The van der Waals surface area contributed by atoms with Gasteiger partial charge in [0.05, 0.1) is 5.38 Å². The van der Waals surface area contributed by atoms with Crippen LogP contribution in [0.3, 0.4) is 0 Å². The van der Waals surface area contributed by atoms with Crippen LogP contribution in [-0.4, -0.2) is 13.6 Å². The van der Waals surface area contributed by atoms with Gasteiger partial charge in [-0.05, 0) is 41.6 Å². The molecule has 0 fully saturated rings. The molecular weight excluding hydrogens is 214 g/mol. The minimum absolute atomic E-state index is 0.0595. The van der Waals surface area contributed by atoms with Gasteiger partial charge in [0, 0.05) is 11.2 Å².